The van der Waals surface area contributed by atoms with Crippen LogP contribution in [-0.4, -0.2) is 11.6 Å². The fourth-order valence-corrected chi connectivity index (χ4v) is 2.49. The molecule has 0 atom stereocenters. The predicted molar refractivity (Wildman–Crippen MR) is 67.1 cm³/mol. The van der Waals surface area contributed by atoms with E-state index in [0.29, 0.717) is 5.56 Å². The molecular formula is C15H14O2. The van der Waals surface area contributed by atoms with Gasteiger partial charge >= 0.3 is 5.97 Å². The van der Waals surface area contributed by atoms with E-state index in [-0.39, 0.29) is 5.97 Å². The standard InChI is InChI=1S/C15H14O2/c1-15(2)9-13-11-6-4-3-5-10(11)7-8-12(13)14(16)17-15/h3-8H,9H2,1-2H3. The maximum atomic E-state index is 11.9. The van der Waals surface area contributed by atoms with Gasteiger partial charge in [0.15, 0.2) is 0 Å². The van der Waals surface area contributed by atoms with Gasteiger partial charge in [-0.2, -0.15) is 0 Å². The number of ether oxygens (including phenoxy) is 1. The Bertz CT molecular complexity index is 611. The lowest BCUT2D eigenvalue weighted by Gasteiger charge is -2.31. The molecule has 86 valence electrons. The van der Waals surface area contributed by atoms with E-state index in [9.17, 15) is 4.79 Å². The van der Waals surface area contributed by atoms with Crippen LogP contribution < -0.4 is 0 Å². The minimum Gasteiger partial charge on any atom is -0.456 e. The summed E-state index contributed by atoms with van der Waals surface area (Å²) in [5.74, 6) is -0.206. The number of carbonyl (C=O) groups excluding carboxylic acids is 1. The van der Waals surface area contributed by atoms with Gasteiger partial charge < -0.3 is 4.74 Å². The highest BCUT2D eigenvalue weighted by Crippen LogP contribution is 2.32. The largest absolute Gasteiger partial charge is 0.456 e. The fraction of sp³-hybridized carbons (Fsp3) is 0.267. The van der Waals surface area contributed by atoms with Crippen LogP contribution in [0.25, 0.3) is 10.8 Å². The van der Waals surface area contributed by atoms with Crippen LogP contribution in [0.5, 0.6) is 0 Å². The van der Waals surface area contributed by atoms with Crippen molar-refractivity contribution in [2.24, 2.45) is 0 Å². The summed E-state index contributed by atoms with van der Waals surface area (Å²) in [4.78, 5) is 11.9. The van der Waals surface area contributed by atoms with Crippen molar-refractivity contribution in [2.75, 3.05) is 0 Å². The van der Waals surface area contributed by atoms with E-state index in [4.69, 9.17) is 4.74 Å². The van der Waals surface area contributed by atoms with Gasteiger partial charge in [-0.05, 0) is 36.2 Å². The van der Waals surface area contributed by atoms with Crippen LogP contribution in [0.2, 0.25) is 0 Å². The molecule has 1 heterocycles. The van der Waals surface area contributed by atoms with Crippen molar-refractivity contribution in [3.63, 3.8) is 0 Å². The number of rotatable bonds is 0. The second-order valence-corrected chi connectivity index (χ2v) is 5.14. The molecule has 0 saturated heterocycles. The third-order valence-electron chi connectivity index (χ3n) is 3.23. The van der Waals surface area contributed by atoms with Gasteiger partial charge in [0.1, 0.15) is 5.60 Å². The van der Waals surface area contributed by atoms with Crippen molar-refractivity contribution in [3.8, 4) is 0 Å². The molecule has 2 aromatic carbocycles. The molecule has 2 aromatic rings. The summed E-state index contributed by atoms with van der Waals surface area (Å²) in [6.45, 7) is 3.91. The van der Waals surface area contributed by atoms with E-state index in [1.807, 2.05) is 38.1 Å². The average molecular weight is 226 g/mol. The van der Waals surface area contributed by atoms with Gasteiger partial charge in [0.25, 0.3) is 0 Å². The lowest BCUT2D eigenvalue weighted by atomic mass is 9.88. The van der Waals surface area contributed by atoms with Crippen LogP contribution in [0, 0.1) is 0 Å². The summed E-state index contributed by atoms with van der Waals surface area (Å²) in [5.41, 5.74) is 1.42. The molecule has 0 unspecified atom stereocenters. The molecule has 0 radical (unpaired) electrons. The Balaban J connectivity index is 2.32. The second kappa shape index (κ2) is 3.33. The zero-order chi connectivity index (χ0) is 12.0. The molecule has 17 heavy (non-hydrogen) atoms. The summed E-state index contributed by atoms with van der Waals surface area (Å²) in [6.07, 6.45) is 0.773. The van der Waals surface area contributed by atoms with Gasteiger partial charge in [-0.25, -0.2) is 4.79 Å². The summed E-state index contributed by atoms with van der Waals surface area (Å²) >= 11 is 0. The summed E-state index contributed by atoms with van der Waals surface area (Å²) < 4.78 is 5.41. The van der Waals surface area contributed by atoms with E-state index >= 15 is 0 Å². The SMILES string of the molecule is CC1(C)Cc2c(ccc3ccccc23)C(=O)O1. The molecule has 3 rings (SSSR count). The molecule has 0 fully saturated rings. The van der Waals surface area contributed by atoms with Gasteiger partial charge in [0.2, 0.25) is 0 Å². The highest BCUT2D eigenvalue weighted by Gasteiger charge is 2.32. The van der Waals surface area contributed by atoms with E-state index in [0.717, 1.165) is 17.4 Å². The Morgan fingerprint density at radius 2 is 1.88 bits per heavy atom. The third kappa shape index (κ3) is 1.60. The quantitative estimate of drug-likeness (QED) is 0.644. The van der Waals surface area contributed by atoms with Crippen LogP contribution in [-0.2, 0) is 11.2 Å². The second-order valence-electron chi connectivity index (χ2n) is 5.14. The molecule has 0 aliphatic carbocycles. The Morgan fingerprint density at radius 3 is 2.71 bits per heavy atom. The summed E-state index contributed by atoms with van der Waals surface area (Å²) in [7, 11) is 0. The van der Waals surface area contributed by atoms with Gasteiger partial charge in [0, 0.05) is 6.42 Å². The summed E-state index contributed by atoms with van der Waals surface area (Å²) in [5, 5.41) is 2.34. The first-order valence-corrected chi connectivity index (χ1v) is 5.81. The van der Waals surface area contributed by atoms with Gasteiger partial charge in [-0.15, -0.1) is 0 Å². The smallest absolute Gasteiger partial charge is 0.338 e. The van der Waals surface area contributed by atoms with Crippen molar-refractivity contribution >= 4 is 16.7 Å². The minimum absolute atomic E-state index is 0.206. The fourth-order valence-electron chi connectivity index (χ4n) is 2.49. The van der Waals surface area contributed by atoms with E-state index in [2.05, 4.69) is 12.1 Å². The lowest BCUT2D eigenvalue weighted by Crippen LogP contribution is -2.36. The van der Waals surface area contributed by atoms with Crippen LogP contribution in [0.1, 0.15) is 29.8 Å². The third-order valence-corrected chi connectivity index (χ3v) is 3.23. The van der Waals surface area contributed by atoms with Crippen LogP contribution in [0.15, 0.2) is 36.4 Å². The van der Waals surface area contributed by atoms with Gasteiger partial charge in [0.05, 0.1) is 5.56 Å². The highest BCUT2D eigenvalue weighted by molar-refractivity contribution is 6.00. The molecule has 2 nitrogen and oxygen atoms in total. The molecular weight excluding hydrogens is 212 g/mol. The van der Waals surface area contributed by atoms with E-state index < -0.39 is 5.60 Å². The number of benzene rings is 2. The van der Waals surface area contributed by atoms with Crippen molar-refractivity contribution < 1.29 is 9.53 Å². The first-order valence-electron chi connectivity index (χ1n) is 5.81. The molecule has 0 spiro atoms. The zero-order valence-corrected chi connectivity index (χ0v) is 9.99. The lowest BCUT2D eigenvalue weighted by molar-refractivity contribution is -0.00622. The van der Waals surface area contributed by atoms with Crippen molar-refractivity contribution in [3.05, 3.63) is 47.5 Å². The number of hydrogen-bond acceptors (Lipinski definition) is 2. The first-order chi connectivity index (χ1) is 8.07. The van der Waals surface area contributed by atoms with Crippen LogP contribution in [0.4, 0.5) is 0 Å². The molecule has 1 aliphatic heterocycles. The van der Waals surface area contributed by atoms with Crippen LogP contribution in [0.3, 0.4) is 0 Å². The zero-order valence-electron chi connectivity index (χ0n) is 9.99. The van der Waals surface area contributed by atoms with E-state index in [1.54, 1.807) is 0 Å². The normalized spacial score (nSPS) is 17.6. The first kappa shape index (κ1) is 10.3. The number of esters is 1. The minimum atomic E-state index is -0.409. The van der Waals surface area contributed by atoms with Crippen LogP contribution >= 0.6 is 0 Å². The maximum absolute atomic E-state index is 11.9. The molecule has 0 bridgehead atoms. The molecule has 0 aromatic heterocycles. The van der Waals surface area contributed by atoms with Crippen molar-refractivity contribution in [1.29, 1.82) is 0 Å². The monoisotopic (exact) mass is 226 g/mol. The maximum Gasteiger partial charge on any atom is 0.338 e. The Kier molecular flexibility index (Phi) is 2.02. The Hall–Kier alpha value is -1.83. The predicted octanol–water partition coefficient (Wildman–Crippen LogP) is 3.33. The molecule has 0 saturated carbocycles. The van der Waals surface area contributed by atoms with Crippen molar-refractivity contribution in [1.82, 2.24) is 0 Å². The topological polar surface area (TPSA) is 26.3 Å². The van der Waals surface area contributed by atoms with Crippen molar-refractivity contribution in [2.45, 2.75) is 25.9 Å². The van der Waals surface area contributed by atoms with E-state index in [1.165, 1.54) is 5.39 Å². The number of carbonyl (C=O) groups is 1. The van der Waals surface area contributed by atoms with Gasteiger partial charge in [-0.3, -0.25) is 0 Å². The molecule has 1 aliphatic rings. The Morgan fingerprint density at radius 1 is 1.12 bits per heavy atom. The number of hydrogen-bond donors (Lipinski definition) is 0. The average Bonchev–Trinajstić information content (AvgIpc) is 2.27. The van der Waals surface area contributed by atoms with Gasteiger partial charge in [-0.1, -0.05) is 30.3 Å². The molecule has 2 heteroatoms. The number of fused-ring (bicyclic) bond motifs is 3. The number of cyclic esters (lactones) is 1. The summed E-state index contributed by atoms with van der Waals surface area (Å²) in [6, 6.07) is 12.0. The molecule has 0 N–H and O–H groups in total. The molecule has 0 amide bonds. The Labute approximate surface area is 100 Å². The highest BCUT2D eigenvalue weighted by atomic mass is 16.6.